The molecule has 0 atom stereocenters. The first kappa shape index (κ1) is 20.0. The first-order valence-corrected chi connectivity index (χ1v) is 9.58. The van der Waals surface area contributed by atoms with Gasteiger partial charge in [-0.15, -0.1) is 11.3 Å². The van der Waals surface area contributed by atoms with Crippen LogP contribution in [0, 0.1) is 0 Å². The van der Waals surface area contributed by atoms with Crippen LogP contribution >= 0.6 is 22.9 Å². The second-order valence-corrected chi connectivity index (χ2v) is 7.77. The number of fused-ring (bicyclic) bond motifs is 1. The quantitative estimate of drug-likeness (QED) is 0.464. The standard InChI is InChI=1S/C17H18ClN5O4S/c1-9(24)19-7-6-10-4-5-12(28-10)11(25)8-23-13-14(20-16(23)18)21(2)17(27)22(3)15(13)26/h4-5H,6-8H2,1-3H3,(H,19,24). The van der Waals surface area contributed by atoms with Gasteiger partial charge in [0, 0.05) is 32.4 Å². The molecule has 0 radical (unpaired) electrons. The molecule has 0 bridgehead atoms. The fourth-order valence-corrected chi connectivity index (χ4v) is 3.97. The van der Waals surface area contributed by atoms with Gasteiger partial charge < -0.3 is 9.88 Å². The van der Waals surface area contributed by atoms with E-state index in [2.05, 4.69) is 10.3 Å². The van der Waals surface area contributed by atoms with E-state index in [1.54, 1.807) is 6.07 Å². The highest BCUT2D eigenvalue weighted by atomic mass is 35.5. The van der Waals surface area contributed by atoms with Crippen LogP contribution in [-0.2, 0) is 31.9 Å². The van der Waals surface area contributed by atoms with E-state index in [9.17, 15) is 19.2 Å². The lowest BCUT2D eigenvalue weighted by Crippen LogP contribution is -2.37. The van der Waals surface area contributed by atoms with Crippen LogP contribution in [0.4, 0.5) is 0 Å². The molecule has 3 aromatic heterocycles. The van der Waals surface area contributed by atoms with Crippen LogP contribution in [0.3, 0.4) is 0 Å². The Morgan fingerprint density at radius 1 is 1.21 bits per heavy atom. The maximum Gasteiger partial charge on any atom is 0.332 e. The lowest BCUT2D eigenvalue weighted by Gasteiger charge is -2.06. The number of carbonyl (C=O) groups is 2. The van der Waals surface area contributed by atoms with Crippen molar-refractivity contribution in [1.82, 2.24) is 24.0 Å². The zero-order valence-corrected chi connectivity index (χ0v) is 17.1. The Morgan fingerprint density at radius 3 is 2.61 bits per heavy atom. The highest BCUT2D eigenvalue weighted by molar-refractivity contribution is 7.14. The average Bonchev–Trinajstić information content (AvgIpc) is 3.23. The van der Waals surface area contributed by atoms with Gasteiger partial charge in [-0.3, -0.25) is 23.5 Å². The number of rotatable bonds is 6. The minimum Gasteiger partial charge on any atom is -0.356 e. The van der Waals surface area contributed by atoms with Crippen molar-refractivity contribution in [3.63, 3.8) is 0 Å². The fraction of sp³-hybridized carbons (Fsp3) is 0.353. The number of imidazole rings is 1. The van der Waals surface area contributed by atoms with Gasteiger partial charge in [0.05, 0.1) is 11.4 Å². The summed E-state index contributed by atoms with van der Waals surface area (Å²) in [6, 6.07) is 3.53. The number of hydrogen-bond donors (Lipinski definition) is 1. The van der Waals surface area contributed by atoms with Crippen molar-refractivity contribution in [2.75, 3.05) is 6.54 Å². The maximum absolute atomic E-state index is 12.7. The molecule has 0 saturated heterocycles. The molecule has 28 heavy (non-hydrogen) atoms. The summed E-state index contributed by atoms with van der Waals surface area (Å²) >= 11 is 7.47. The largest absolute Gasteiger partial charge is 0.356 e. The van der Waals surface area contributed by atoms with Crippen LogP contribution in [-0.4, -0.2) is 36.9 Å². The van der Waals surface area contributed by atoms with Crippen molar-refractivity contribution in [1.29, 1.82) is 0 Å². The number of nitrogens with one attached hydrogen (secondary N) is 1. The van der Waals surface area contributed by atoms with Crippen molar-refractivity contribution < 1.29 is 9.59 Å². The molecule has 0 fully saturated rings. The van der Waals surface area contributed by atoms with Crippen LogP contribution in [0.25, 0.3) is 11.2 Å². The van der Waals surface area contributed by atoms with E-state index in [1.807, 2.05) is 6.07 Å². The van der Waals surface area contributed by atoms with E-state index in [4.69, 9.17) is 11.6 Å². The molecule has 3 rings (SSSR count). The van der Waals surface area contributed by atoms with Crippen LogP contribution in [0.5, 0.6) is 0 Å². The van der Waals surface area contributed by atoms with E-state index in [-0.39, 0.29) is 34.7 Å². The van der Waals surface area contributed by atoms with Crippen molar-refractivity contribution in [2.45, 2.75) is 19.9 Å². The van der Waals surface area contributed by atoms with Crippen molar-refractivity contribution in [3.05, 3.63) is 48.0 Å². The SMILES string of the molecule is CC(=O)NCCc1ccc(C(=O)Cn2c(Cl)nc3c2c(=O)n(C)c(=O)n3C)s1. The number of thiophene rings is 1. The van der Waals surface area contributed by atoms with Gasteiger partial charge in [-0.05, 0) is 30.2 Å². The third-order valence-electron chi connectivity index (χ3n) is 4.28. The molecule has 3 heterocycles. The first-order valence-electron chi connectivity index (χ1n) is 8.38. The molecule has 0 unspecified atom stereocenters. The number of aryl methyl sites for hydroxylation is 1. The predicted octanol–water partition coefficient (Wildman–Crippen LogP) is 0.710. The Balaban J connectivity index is 1.89. The predicted molar refractivity (Wildman–Crippen MR) is 106 cm³/mol. The smallest absolute Gasteiger partial charge is 0.332 e. The molecule has 148 valence electrons. The number of carbonyl (C=O) groups excluding carboxylic acids is 2. The van der Waals surface area contributed by atoms with Crippen LogP contribution in [0.2, 0.25) is 5.28 Å². The maximum atomic E-state index is 12.7. The molecular formula is C17H18ClN5O4S. The summed E-state index contributed by atoms with van der Waals surface area (Å²) in [5.74, 6) is -0.335. The third kappa shape index (κ3) is 3.65. The topological polar surface area (TPSA) is 108 Å². The summed E-state index contributed by atoms with van der Waals surface area (Å²) in [7, 11) is 2.85. The lowest BCUT2D eigenvalue weighted by molar-refractivity contribution is -0.118. The Morgan fingerprint density at radius 2 is 1.93 bits per heavy atom. The summed E-state index contributed by atoms with van der Waals surface area (Å²) in [6.45, 7) is 1.77. The normalized spacial score (nSPS) is 11.1. The van der Waals surface area contributed by atoms with Gasteiger partial charge in [-0.1, -0.05) is 0 Å². The van der Waals surface area contributed by atoms with Gasteiger partial charge in [0.2, 0.25) is 11.2 Å². The van der Waals surface area contributed by atoms with E-state index in [0.717, 1.165) is 9.44 Å². The second-order valence-electron chi connectivity index (χ2n) is 6.27. The molecule has 0 spiro atoms. The van der Waals surface area contributed by atoms with E-state index in [0.29, 0.717) is 17.8 Å². The monoisotopic (exact) mass is 423 g/mol. The summed E-state index contributed by atoms with van der Waals surface area (Å²) in [6.07, 6.45) is 0.620. The van der Waals surface area contributed by atoms with Gasteiger partial charge in [0.1, 0.15) is 0 Å². The van der Waals surface area contributed by atoms with Gasteiger partial charge in [0.15, 0.2) is 16.9 Å². The Labute approximate surface area is 168 Å². The first-order chi connectivity index (χ1) is 13.2. The molecule has 1 amide bonds. The summed E-state index contributed by atoms with van der Waals surface area (Å²) < 4.78 is 3.49. The number of nitrogens with zero attached hydrogens (tertiary/aromatic N) is 4. The van der Waals surface area contributed by atoms with Gasteiger partial charge in [-0.2, -0.15) is 4.98 Å². The van der Waals surface area contributed by atoms with Crippen LogP contribution in [0.1, 0.15) is 21.5 Å². The number of aromatic nitrogens is 4. The molecule has 11 heteroatoms. The molecule has 0 aromatic carbocycles. The Hall–Kier alpha value is -2.72. The average molecular weight is 424 g/mol. The molecule has 3 aromatic rings. The van der Waals surface area contributed by atoms with Crippen molar-refractivity contribution in [2.24, 2.45) is 14.1 Å². The highest BCUT2D eigenvalue weighted by Gasteiger charge is 2.21. The number of Topliss-reactive ketones (excluding diaryl/α,β-unsaturated/α-hetero) is 1. The van der Waals surface area contributed by atoms with Gasteiger partial charge in [-0.25, -0.2) is 4.79 Å². The van der Waals surface area contributed by atoms with Gasteiger partial charge in [0.25, 0.3) is 5.56 Å². The Kier molecular flexibility index (Phi) is 5.52. The van der Waals surface area contributed by atoms with Crippen LogP contribution < -0.4 is 16.6 Å². The number of ketones is 1. The molecule has 0 aliphatic heterocycles. The molecular weight excluding hydrogens is 406 g/mol. The number of amides is 1. The van der Waals surface area contributed by atoms with E-state index >= 15 is 0 Å². The van der Waals surface area contributed by atoms with Gasteiger partial charge >= 0.3 is 5.69 Å². The zero-order valence-electron chi connectivity index (χ0n) is 15.5. The Bertz CT molecular complexity index is 1200. The molecule has 0 saturated carbocycles. The summed E-state index contributed by atoms with van der Waals surface area (Å²) in [5, 5.41) is 2.67. The minimum atomic E-state index is -0.563. The number of hydrogen-bond acceptors (Lipinski definition) is 6. The molecule has 9 nitrogen and oxygen atoms in total. The summed E-state index contributed by atoms with van der Waals surface area (Å²) in [5.41, 5.74) is -0.849. The molecule has 0 aliphatic carbocycles. The fourth-order valence-electron chi connectivity index (χ4n) is 2.81. The highest BCUT2D eigenvalue weighted by Crippen LogP contribution is 2.21. The summed E-state index contributed by atoms with van der Waals surface area (Å²) in [4.78, 5) is 53.7. The van der Waals surface area contributed by atoms with Crippen LogP contribution in [0.15, 0.2) is 21.7 Å². The molecule has 1 N–H and O–H groups in total. The third-order valence-corrected chi connectivity index (χ3v) is 5.76. The zero-order chi connectivity index (χ0) is 20.6. The van der Waals surface area contributed by atoms with E-state index < -0.39 is 11.2 Å². The molecule has 0 aliphatic rings. The van der Waals surface area contributed by atoms with Crippen molar-refractivity contribution >= 4 is 45.8 Å². The number of halogens is 1. The minimum absolute atomic E-state index is 0.0379. The second kappa shape index (κ2) is 7.72. The van der Waals surface area contributed by atoms with Crippen molar-refractivity contribution in [3.8, 4) is 0 Å². The lowest BCUT2D eigenvalue weighted by atomic mass is 10.3. The van der Waals surface area contributed by atoms with E-state index in [1.165, 1.54) is 41.5 Å².